The predicted molar refractivity (Wildman–Crippen MR) is 99.8 cm³/mol. The minimum absolute atomic E-state index is 0.116. The van der Waals surface area contributed by atoms with Crippen LogP contribution in [0.5, 0.6) is 5.88 Å². The summed E-state index contributed by atoms with van der Waals surface area (Å²) in [5, 5.41) is 4.43. The Labute approximate surface area is 155 Å². The quantitative estimate of drug-likeness (QED) is 0.663. The summed E-state index contributed by atoms with van der Waals surface area (Å²) < 4.78 is 32.2. The zero-order valence-electron chi connectivity index (χ0n) is 15.0. The van der Waals surface area contributed by atoms with Gasteiger partial charge in [0.15, 0.2) is 12.4 Å². The standard InChI is InChI=1S/C19H19F2N5O/c1-12(2)15-8-13(4-6-16(15)22)18-24-11-26(25-18)14-5-7-17(23-9-14)27-10-19(3,20)21/h4-9,11H,1,10,22H2,2-3H3. The average molecular weight is 371 g/mol. The van der Waals surface area contributed by atoms with Crippen LogP contribution in [0.3, 0.4) is 0 Å². The molecular formula is C19H19F2N5O. The molecule has 0 fully saturated rings. The number of anilines is 1. The number of hydrogen-bond acceptors (Lipinski definition) is 5. The minimum atomic E-state index is -2.91. The number of ether oxygens (including phenoxy) is 1. The molecule has 0 unspecified atom stereocenters. The van der Waals surface area contributed by atoms with Crippen molar-refractivity contribution in [1.29, 1.82) is 0 Å². The van der Waals surface area contributed by atoms with Crippen LogP contribution in [-0.2, 0) is 0 Å². The molecule has 1 aromatic carbocycles. The van der Waals surface area contributed by atoms with Crippen LogP contribution in [0.1, 0.15) is 19.4 Å². The van der Waals surface area contributed by atoms with Crippen LogP contribution >= 0.6 is 0 Å². The van der Waals surface area contributed by atoms with E-state index in [0.29, 0.717) is 17.2 Å². The predicted octanol–water partition coefficient (Wildman–Crippen LogP) is 3.98. The minimum Gasteiger partial charge on any atom is -0.471 e. The largest absolute Gasteiger partial charge is 0.471 e. The molecule has 2 aromatic heterocycles. The zero-order valence-corrected chi connectivity index (χ0v) is 15.0. The van der Waals surface area contributed by atoms with Crippen molar-refractivity contribution in [2.45, 2.75) is 19.8 Å². The summed E-state index contributed by atoms with van der Waals surface area (Å²) in [5.74, 6) is -2.28. The average Bonchev–Trinajstić information content (AvgIpc) is 3.10. The van der Waals surface area contributed by atoms with Crippen molar-refractivity contribution in [2.75, 3.05) is 12.3 Å². The molecule has 140 valence electrons. The highest BCUT2D eigenvalue weighted by Gasteiger charge is 2.22. The summed E-state index contributed by atoms with van der Waals surface area (Å²) in [4.78, 5) is 8.32. The van der Waals surface area contributed by atoms with Gasteiger partial charge in [0.1, 0.15) is 6.33 Å². The van der Waals surface area contributed by atoms with Gasteiger partial charge in [-0.25, -0.2) is 23.4 Å². The molecule has 27 heavy (non-hydrogen) atoms. The smallest absolute Gasteiger partial charge is 0.278 e. The fraction of sp³-hybridized carbons (Fsp3) is 0.211. The number of allylic oxidation sites excluding steroid dienone is 1. The number of nitrogens with two attached hydrogens (primary N) is 1. The van der Waals surface area contributed by atoms with Crippen LogP contribution in [0.15, 0.2) is 49.4 Å². The first-order valence-corrected chi connectivity index (χ1v) is 8.17. The fourth-order valence-corrected chi connectivity index (χ4v) is 2.38. The first kappa shape index (κ1) is 18.5. The zero-order chi connectivity index (χ0) is 19.6. The lowest BCUT2D eigenvalue weighted by molar-refractivity contribution is -0.0242. The molecule has 3 rings (SSSR count). The lowest BCUT2D eigenvalue weighted by Crippen LogP contribution is -2.21. The third-order valence-corrected chi connectivity index (χ3v) is 3.72. The van der Waals surface area contributed by atoms with Gasteiger partial charge in [-0.3, -0.25) is 0 Å². The third kappa shape index (κ3) is 4.46. The van der Waals surface area contributed by atoms with E-state index in [2.05, 4.69) is 21.6 Å². The Kier molecular flexibility index (Phi) is 4.89. The molecule has 0 spiro atoms. The lowest BCUT2D eigenvalue weighted by Gasteiger charge is -2.11. The second-order valence-corrected chi connectivity index (χ2v) is 6.31. The molecule has 0 aliphatic carbocycles. The maximum atomic E-state index is 12.8. The first-order valence-electron chi connectivity index (χ1n) is 8.17. The molecule has 2 heterocycles. The van der Waals surface area contributed by atoms with E-state index >= 15 is 0 Å². The van der Waals surface area contributed by atoms with E-state index < -0.39 is 12.5 Å². The van der Waals surface area contributed by atoms with Gasteiger partial charge >= 0.3 is 0 Å². The van der Waals surface area contributed by atoms with Crippen LogP contribution in [0.25, 0.3) is 22.6 Å². The Morgan fingerprint density at radius 2 is 2.04 bits per heavy atom. The van der Waals surface area contributed by atoms with Gasteiger partial charge in [-0.05, 0) is 36.8 Å². The highest BCUT2D eigenvalue weighted by atomic mass is 19.3. The number of hydrogen-bond donors (Lipinski definition) is 1. The summed E-state index contributed by atoms with van der Waals surface area (Å²) in [7, 11) is 0. The number of nitrogens with zero attached hydrogens (tertiary/aromatic N) is 4. The number of halogens is 2. The van der Waals surface area contributed by atoms with E-state index in [4.69, 9.17) is 10.5 Å². The second kappa shape index (κ2) is 7.14. The van der Waals surface area contributed by atoms with Crippen LogP contribution in [0.2, 0.25) is 0 Å². The second-order valence-electron chi connectivity index (χ2n) is 6.31. The van der Waals surface area contributed by atoms with Crippen molar-refractivity contribution in [3.05, 3.63) is 55.0 Å². The van der Waals surface area contributed by atoms with E-state index in [1.165, 1.54) is 16.9 Å². The normalized spacial score (nSPS) is 11.4. The molecule has 0 saturated heterocycles. The molecule has 8 heteroatoms. The first-order chi connectivity index (χ1) is 12.7. The Morgan fingerprint density at radius 3 is 2.67 bits per heavy atom. The lowest BCUT2D eigenvalue weighted by atomic mass is 10.0. The van der Waals surface area contributed by atoms with Crippen molar-refractivity contribution in [3.8, 4) is 23.0 Å². The van der Waals surface area contributed by atoms with Gasteiger partial charge in [-0.2, -0.15) is 0 Å². The summed E-state index contributed by atoms with van der Waals surface area (Å²) in [5.41, 5.74) is 9.73. The molecule has 2 N–H and O–H groups in total. The highest BCUT2D eigenvalue weighted by molar-refractivity contribution is 5.76. The summed E-state index contributed by atoms with van der Waals surface area (Å²) in [6, 6.07) is 8.68. The number of nitrogen functional groups attached to an aromatic ring is 1. The summed E-state index contributed by atoms with van der Waals surface area (Å²) >= 11 is 0. The van der Waals surface area contributed by atoms with Gasteiger partial charge in [-0.1, -0.05) is 6.58 Å². The number of alkyl halides is 2. The van der Waals surface area contributed by atoms with E-state index in [-0.39, 0.29) is 5.88 Å². The summed E-state index contributed by atoms with van der Waals surface area (Å²) in [6.07, 6.45) is 3.02. The van der Waals surface area contributed by atoms with E-state index in [1.807, 2.05) is 19.1 Å². The molecule has 0 amide bonds. The summed E-state index contributed by atoms with van der Waals surface area (Å²) in [6.45, 7) is 5.86. The Balaban J connectivity index is 1.80. The van der Waals surface area contributed by atoms with Gasteiger partial charge in [0.05, 0.1) is 11.9 Å². The molecular weight excluding hydrogens is 352 g/mol. The maximum absolute atomic E-state index is 12.8. The number of rotatable bonds is 6. The van der Waals surface area contributed by atoms with Gasteiger partial charge in [0.2, 0.25) is 5.88 Å². The number of pyridine rings is 1. The third-order valence-electron chi connectivity index (χ3n) is 3.72. The monoisotopic (exact) mass is 371 g/mol. The molecule has 0 bridgehead atoms. The van der Waals surface area contributed by atoms with Gasteiger partial charge in [-0.15, -0.1) is 5.10 Å². The van der Waals surface area contributed by atoms with Crippen LogP contribution in [-0.4, -0.2) is 32.3 Å². The molecule has 0 atom stereocenters. The molecule has 0 aliphatic rings. The van der Waals surface area contributed by atoms with Gasteiger partial charge in [0, 0.05) is 29.8 Å². The van der Waals surface area contributed by atoms with E-state index in [1.54, 1.807) is 18.5 Å². The van der Waals surface area contributed by atoms with Crippen LogP contribution in [0.4, 0.5) is 14.5 Å². The Bertz CT molecular complexity index is 961. The van der Waals surface area contributed by atoms with Crippen molar-refractivity contribution >= 4 is 11.3 Å². The van der Waals surface area contributed by atoms with E-state index in [9.17, 15) is 8.78 Å². The van der Waals surface area contributed by atoms with Gasteiger partial charge < -0.3 is 10.5 Å². The highest BCUT2D eigenvalue weighted by Crippen LogP contribution is 2.26. The van der Waals surface area contributed by atoms with Crippen LogP contribution < -0.4 is 10.5 Å². The maximum Gasteiger partial charge on any atom is 0.278 e. The molecule has 6 nitrogen and oxygen atoms in total. The number of benzene rings is 1. The van der Waals surface area contributed by atoms with Crippen molar-refractivity contribution in [1.82, 2.24) is 19.7 Å². The Hall–Kier alpha value is -3.29. The SMILES string of the molecule is C=C(C)c1cc(-c2ncn(-c3ccc(OCC(C)(F)F)nc3)n2)ccc1N. The molecule has 0 aliphatic heterocycles. The Morgan fingerprint density at radius 1 is 1.26 bits per heavy atom. The molecule has 3 aromatic rings. The molecule has 0 radical (unpaired) electrons. The van der Waals surface area contributed by atoms with Crippen molar-refractivity contribution in [2.24, 2.45) is 0 Å². The molecule has 0 saturated carbocycles. The fourth-order valence-electron chi connectivity index (χ4n) is 2.38. The van der Waals surface area contributed by atoms with Crippen molar-refractivity contribution < 1.29 is 13.5 Å². The number of aromatic nitrogens is 4. The topological polar surface area (TPSA) is 78.8 Å². The van der Waals surface area contributed by atoms with Gasteiger partial charge in [0.25, 0.3) is 5.92 Å². The van der Waals surface area contributed by atoms with Crippen LogP contribution in [0, 0.1) is 0 Å². The van der Waals surface area contributed by atoms with Crippen molar-refractivity contribution in [3.63, 3.8) is 0 Å². The van der Waals surface area contributed by atoms with E-state index in [0.717, 1.165) is 23.6 Å².